The van der Waals surface area contributed by atoms with E-state index in [0.717, 1.165) is 10.5 Å². The predicted molar refractivity (Wildman–Crippen MR) is 142 cm³/mol. The maximum absolute atomic E-state index is 13.2. The SMILES string of the molecule is Cc1ccccc1NC(=O)COc1ccc(Cl)cc1/C=C1/C(=O)NC(=O)N(c2ccc(Cl)c(Cl)c2)C1=O. The van der Waals surface area contributed by atoms with Crippen LogP contribution in [0.4, 0.5) is 16.2 Å². The highest BCUT2D eigenvalue weighted by Crippen LogP contribution is 2.31. The number of hydrogen-bond donors (Lipinski definition) is 2. The lowest BCUT2D eigenvalue weighted by molar-refractivity contribution is -0.122. The van der Waals surface area contributed by atoms with Gasteiger partial charge in [0.1, 0.15) is 11.3 Å². The van der Waals surface area contributed by atoms with Crippen LogP contribution in [0.5, 0.6) is 5.75 Å². The Hall–Kier alpha value is -3.85. The number of benzene rings is 3. The number of imide groups is 2. The van der Waals surface area contributed by atoms with Crippen molar-refractivity contribution in [2.45, 2.75) is 6.92 Å². The van der Waals surface area contributed by atoms with Crippen LogP contribution in [0, 0.1) is 6.92 Å². The summed E-state index contributed by atoms with van der Waals surface area (Å²) in [6.07, 6.45) is 1.23. The van der Waals surface area contributed by atoms with Crippen LogP contribution in [0.1, 0.15) is 11.1 Å². The minimum atomic E-state index is -0.944. The van der Waals surface area contributed by atoms with E-state index in [9.17, 15) is 19.2 Å². The largest absolute Gasteiger partial charge is 0.483 e. The van der Waals surface area contributed by atoms with Gasteiger partial charge < -0.3 is 10.1 Å². The quantitative estimate of drug-likeness (QED) is 0.301. The zero-order valence-electron chi connectivity index (χ0n) is 19.2. The highest BCUT2D eigenvalue weighted by Gasteiger charge is 2.37. The third-order valence-electron chi connectivity index (χ3n) is 5.31. The number of anilines is 2. The highest BCUT2D eigenvalue weighted by molar-refractivity contribution is 6.43. The molecule has 2 N–H and O–H groups in total. The molecule has 0 unspecified atom stereocenters. The first-order valence-corrected chi connectivity index (χ1v) is 11.9. The number of urea groups is 1. The Balaban J connectivity index is 1.60. The molecule has 5 amide bonds. The van der Waals surface area contributed by atoms with Crippen LogP contribution in [0.3, 0.4) is 0 Å². The Kier molecular flexibility index (Phi) is 7.83. The van der Waals surface area contributed by atoms with Gasteiger partial charge in [0, 0.05) is 16.3 Å². The topological polar surface area (TPSA) is 105 Å². The molecule has 1 saturated heterocycles. The van der Waals surface area contributed by atoms with E-state index >= 15 is 0 Å². The summed E-state index contributed by atoms with van der Waals surface area (Å²) in [6.45, 7) is 1.51. The first-order chi connectivity index (χ1) is 17.6. The standard InChI is InChI=1S/C26H18Cl3N3O5/c1-14-4-2-3-5-21(14)30-23(33)13-37-22-9-6-16(27)10-15(22)11-18-24(34)31-26(36)32(25(18)35)17-7-8-19(28)20(29)12-17/h2-12H,13H2,1H3,(H,30,33)(H,31,34,36)/b18-11-. The van der Waals surface area contributed by atoms with Gasteiger partial charge in [-0.1, -0.05) is 53.0 Å². The van der Waals surface area contributed by atoms with Gasteiger partial charge in [0.15, 0.2) is 6.61 Å². The predicted octanol–water partition coefficient (Wildman–Crippen LogP) is 5.64. The normalized spacial score (nSPS) is 14.5. The van der Waals surface area contributed by atoms with Crippen molar-refractivity contribution >= 4 is 76.0 Å². The minimum absolute atomic E-state index is 0.116. The Morgan fingerprint density at radius 1 is 1.00 bits per heavy atom. The summed E-state index contributed by atoms with van der Waals surface area (Å²) in [6, 6.07) is 15.0. The fourth-order valence-corrected chi connectivity index (χ4v) is 3.95. The Labute approximate surface area is 226 Å². The lowest BCUT2D eigenvalue weighted by Gasteiger charge is -2.26. The molecule has 0 aliphatic carbocycles. The second kappa shape index (κ2) is 11.0. The molecular formula is C26H18Cl3N3O5. The van der Waals surface area contributed by atoms with Crippen molar-refractivity contribution in [3.63, 3.8) is 0 Å². The van der Waals surface area contributed by atoms with Crippen LogP contribution in [0.25, 0.3) is 6.08 Å². The lowest BCUT2D eigenvalue weighted by atomic mass is 10.1. The van der Waals surface area contributed by atoms with Crippen LogP contribution in [0.2, 0.25) is 15.1 Å². The van der Waals surface area contributed by atoms with E-state index < -0.39 is 23.8 Å². The molecule has 11 heteroatoms. The molecular weight excluding hydrogens is 541 g/mol. The van der Waals surface area contributed by atoms with Gasteiger partial charge in [0.2, 0.25) is 0 Å². The van der Waals surface area contributed by atoms with Gasteiger partial charge in [-0.3, -0.25) is 19.7 Å². The first-order valence-electron chi connectivity index (χ1n) is 10.8. The molecule has 1 aliphatic rings. The molecule has 188 valence electrons. The van der Waals surface area contributed by atoms with Crippen molar-refractivity contribution in [1.82, 2.24) is 5.32 Å². The number of para-hydroxylation sites is 1. The molecule has 3 aromatic rings. The second-order valence-electron chi connectivity index (χ2n) is 7.89. The van der Waals surface area contributed by atoms with Gasteiger partial charge in [-0.25, -0.2) is 9.69 Å². The molecule has 8 nitrogen and oxygen atoms in total. The van der Waals surface area contributed by atoms with Gasteiger partial charge >= 0.3 is 6.03 Å². The van der Waals surface area contributed by atoms with Crippen molar-refractivity contribution in [1.29, 1.82) is 0 Å². The number of aryl methyl sites for hydroxylation is 1. The third-order valence-corrected chi connectivity index (χ3v) is 6.29. The van der Waals surface area contributed by atoms with E-state index in [-0.39, 0.29) is 39.2 Å². The fraction of sp³-hybridized carbons (Fsp3) is 0.0769. The Bertz CT molecular complexity index is 1470. The third kappa shape index (κ3) is 5.94. The molecule has 0 atom stereocenters. The van der Waals surface area contributed by atoms with E-state index in [2.05, 4.69) is 10.6 Å². The smallest absolute Gasteiger partial charge is 0.335 e. The van der Waals surface area contributed by atoms with Gasteiger partial charge in [0.05, 0.1) is 15.7 Å². The average molecular weight is 559 g/mol. The number of carbonyl (C=O) groups excluding carboxylic acids is 4. The van der Waals surface area contributed by atoms with E-state index in [4.69, 9.17) is 39.5 Å². The molecule has 0 spiro atoms. The van der Waals surface area contributed by atoms with Gasteiger partial charge in [-0.15, -0.1) is 0 Å². The summed E-state index contributed by atoms with van der Waals surface area (Å²) < 4.78 is 5.67. The van der Waals surface area contributed by atoms with Crippen molar-refractivity contribution < 1.29 is 23.9 Å². The monoisotopic (exact) mass is 557 g/mol. The van der Waals surface area contributed by atoms with Crippen molar-refractivity contribution in [3.8, 4) is 5.75 Å². The summed E-state index contributed by atoms with van der Waals surface area (Å²) in [5, 5.41) is 5.53. The van der Waals surface area contributed by atoms with Crippen LogP contribution in [0.15, 0.2) is 66.2 Å². The number of nitrogens with zero attached hydrogens (tertiary/aromatic N) is 1. The van der Waals surface area contributed by atoms with E-state index in [1.54, 1.807) is 12.1 Å². The van der Waals surface area contributed by atoms with Gasteiger partial charge in [0.25, 0.3) is 17.7 Å². The maximum Gasteiger partial charge on any atom is 0.335 e. The molecule has 1 aliphatic heterocycles. The maximum atomic E-state index is 13.2. The zero-order chi connectivity index (χ0) is 26.7. The number of rotatable bonds is 6. The van der Waals surface area contributed by atoms with Gasteiger partial charge in [-0.2, -0.15) is 0 Å². The fourth-order valence-electron chi connectivity index (χ4n) is 3.48. The van der Waals surface area contributed by atoms with E-state index in [1.807, 2.05) is 19.1 Å². The van der Waals surface area contributed by atoms with Crippen molar-refractivity contribution in [2.24, 2.45) is 0 Å². The molecule has 0 aromatic heterocycles. The molecule has 0 bridgehead atoms. The van der Waals surface area contributed by atoms with Crippen LogP contribution < -0.4 is 20.3 Å². The molecule has 37 heavy (non-hydrogen) atoms. The molecule has 3 aromatic carbocycles. The Morgan fingerprint density at radius 2 is 1.76 bits per heavy atom. The summed E-state index contributed by atoms with van der Waals surface area (Å²) >= 11 is 18.1. The zero-order valence-corrected chi connectivity index (χ0v) is 21.4. The second-order valence-corrected chi connectivity index (χ2v) is 9.14. The van der Waals surface area contributed by atoms with Crippen LogP contribution >= 0.6 is 34.8 Å². The molecule has 0 saturated carbocycles. The minimum Gasteiger partial charge on any atom is -0.483 e. The molecule has 1 fully saturated rings. The van der Waals surface area contributed by atoms with Gasteiger partial charge in [-0.05, 0) is 61.0 Å². The molecule has 0 radical (unpaired) electrons. The number of ether oxygens (including phenoxy) is 1. The average Bonchev–Trinajstić information content (AvgIpc) is 2.84. The number of amides is 5. The van der Waals surface area contributed by atoms with E-state index in [0.29, 0.717) is 10.7 Å². The summed E-state index contributed by atoms with van der Waals surface area (Å²) in [5.41, 5.74) is 1.53. The van der Waals surface area contributed by atoms with Crippen molar-refractivity contribution in [3.05, 3.63) is 92.4 Å². The number of hydrogen-bond acceptors (Lipinski definition) is 5. The van der Waals surface area contributed by atoms with Crippen molar-refractivity contribution in [2.75, 3.05) is 16.8 Å². The number of halogens is 3. The summed E-state index contributed by atoms with van der Waals surface area (Å²) in [5.74, 6) is -2.02. The first kappa shape index (κ1) is 26.2. The van der Waals surface area contributed by atoms with Crippen LogP contribution in [-0.2, 0) is 14.4 Å². The van der Waals surface area contributed by atoms with E-state index in [1.165, 1.54) is 42.5 Å². The lowest BCUT2D eigenvalue weighted by Crippen LogP contribution is -2.54. The van der Waals surface area contributed by atoms with Crippen LogP contribution in [-0.4, -0.2) is 30.4 Å². The molecule has 4 rings (SSSR count). The number of barbiturate groups is 1. The molecule has 1 heterocycles. The summed E-state index contributed by atoms with van der Waals surface area (Å²) in [7, 11) is 0. The summed E-state index contributed by atoms with van der Waals surface area (Å²) in [4.78, 5) is 51.4. The number of carbonyl (C=O) groups is 4. The Morgan fingerprint density at radius 3 is 2.49 bits per heavy atom. The number of nitrogens with one attached hydrogen (secondary N) is 2. The highest BCUT2D eigenvalue weighted by atomic mass is 35.5.